The Hall–Kier alpha value is -0.710. The minimum Gasteiger partial charge on any atom is -0.756 e. The summed E-state index contributed by atoms with van der Waals surface area (Å²) in [6, 6.07) is 10.3. The third-order valence-electron chi connectivity index (χ3n) is 6.07. The molecule has 0 spiro atoms. The second-order valence-corrected chi connectivity index (χ2v) is 9.67. The van der Waals surface area contributed by atoms with Gasteiger partial charge < -0.3 is 18.7 Å². The first-order valence-electron chi connectivity index (χ1n) is 11.2. The molecular formula is C23H38O5P-. The summed E-state index contributed by atoms with van der Waals surface area (Å²) in [6.45, 7) is 6.47. The lowest BCUT2D eigenvalue weighted by Gasteiger charge is -2.31. The third-order valence-corrected chi connectivity index (χ3v) is 7.02. The summed E-state index contributed by atoms with van der Waals surface area (Å²) in [6.07, 6.45) is 7.48. The molecule has 6 heteroatoms. The van der Waals surface area contributed by atoms with Gasteiger partial charge in [-0.2, -0.15) is 0 Å². The lowest BCUT2D eigenvalue weighted by atomic mass is 9.83. The van der Waals surface area contributed by atoms with Gasteiger partial charge in [-0.15, -0.1) is 0 Å². The molecule has 0 aromatic heterocycles. The van der Waals surface area contributed by atoms with E-state index in [0.29, 0.717) is 12.3 Å². The Morgan fingerprint density at radius 3 is 2.28 bits per heavy atom. The van der Waals surface area contributed by atoms with Crippen LogP contribution in [0.25, 0.3) is 0 Å². The van der Waals surface area contributed by atoms with Crippen LogP contribution in [0.15, 0.2) is 30.3 Å². The van der Waals surface area contributed by atoms with Crippen LogP contribution in [0.5, 0.6) is 0 Å². The lowest BCUT2D eigenvalue weighted by molar-refractivity contribution is -0.229. The second kappa shape index (κ2) is 12.2. The van der Waals surface area contributed by atoms with E-state index in [4.69, 9.17) is 9.26 Å². The number of phosphoric ester groups is 1. The van der Waals surface area contributed by atoms with E-state index in [0.717, 1.165) is 26.4 Å². The van der Waals surface area contributed by atoms with E-state index in [9.17, 15) is 9.46 Å². The number of rotatable bonds is 13. The van der Waals surface area contributed by atoms with Gasteiger partial charge in [-0.3, -0.25) is 4.57 Å². The van der Waals surface area contributed by atoms with Crippen LogP contribution in [0, 0.1) is 11.8 Å². The van der Waals surface area contributed by atoms with Gasteiger partial charge in [0.15, 0.2) is 0 Å². The Balaban J connectivity index is 2.19. The van der Waals surface area contributed by atoms with Crippen molar-refractivity contribution in [2.75, 3.05) is 7.11 Å². The van der Waals surface area contributed by atoms with Crippen LogP contribution in [0.1, 0.15) is 71.3 Å². The van der Waals surface area contributed by atoms with Crippen LogP contribution >= 0.6 is 7.82 Å². The summed E-state index contributed by atoms with van der Waals surface area (Å²) < 4.78 is 28.6. The minimum absolute atomic E-state index is 0.0359. The average molecular weight is 426 g/mol. The molecule has 1 saturated heterocycles. The van der Waals surface area contributed by atoms with Gasteiger partial charge in [0, 0.05) is 13.0 Å². The van der Waals surface area contributed by atoms with Gasteiger partial charge in [0.2, 0.25) is 0 Å². The van der Waals surface area contributed by atoms with E-state index in [1.54, 1.807) is 0 Å². The van der Waals surface area contributed by atoms with E-state index >= 15 is 0 Å². The maximum Gasteiger partial charge on any atom is 0.267 e. The number of hydrogen-bond donors (Lipinski definition) is 0. The molecule has 0 amide bonds. The molecule has 1 aromatic rings. The van der Waals surface area contributed by atoms with Crippen LogP contribution in [-0.2, 0) is 24.8 Å². The molecule has 5 nitrogen and oxygen atoms in total. The Labute approximate surface area is 176 Å². The summed E-state index contributed by atoms with van der Waals surface area (Å²) in [7, 11) is -3.17. The highest BCUT2D eigenvalue weighted by atomic mass is 31.2. The van der Waals surface area contributed by atoms with Crippen LogP contribution < -0.4 is 4.89 Å². The van der Waals surface area contributed by atoms with E-state index < -0.39 is 13.9 Å². The van der Waals surface area contributed by atoms with Crippen molar-refractivity contribution in [1.82, 2.24) is 0 Å². The zero-order chi connectivity index (χ0) is 21.3. The Kier molecular flexibility index (Phi) is 10.3. The van der Waals surface area contributed by atoms with Crippen molar-refractivity contribution < 1.29 is 23.2 Å². The third kappa shape index (κ3) is 7.48. The molecular weight excluding hydrogens is 387 g/mol. The average Bonchev–Trinajstić information content (AvgIpc) is 3.02. The molecule has 1 aliphatic heterocycles. The zero-order valence-electron chi connectivity index (χ0n) is 18.4. The molecule has 2 rings (SSSR count). The highest BCUT2D eigenvalue weighted by Gasteiger charge is 2.45. The Bertz CT molecular complexity index is 617. The second-order valence-electron chi connectivity index (χ2n) is 8.20. The normalized spacial score (nSPS) is 26.7. The fourth-order valence-electron chi connectivity index (χ4n) is 4.63. The van der Waals surface area contributed by atoms with Crippen molar-refractivity contribution in [2.24, 2.45) is 11.8 Å². The molecule has 1 aromatic carbocycles. The van der Waals surface area contributed by atoms with Crippen LogP contribution in [0.4, 0.5) is 0 Å². The number of ether oxygens (including phenoxy) is 1. The molecule has 1 heterocycles. The molecule has 166 valence electrons. The van der Waals surface area contributed by atoms with Gasteiger partial charge in [-0.1, -0.05) is 76.8 Å². The van der Waals surface area contributed by atoms with Crippen molar-refractivity contribution in [2.45, 2.75) is 90.4 Å². The van der Waals surface area contributed by atoms with Crippen LogP contribution in [0.2, 0.25) is 0 Å². The van der Waals surface area contributed by atoms with Gasteiger partial charge in [-0.05, 0) is 37.2 Å². The monoisotopic (exact) mass is 425 g/mol. The smallest absolute Gasteiger partial charge is 0.267 e. The standard InChI is InChI=1S/C23H39O5P/c1-5-11-18(12-6-2)15-16-20-22(17-19-13-9-8-10-14-19)27-21(7-3)23(20)28-29(24,25)26-4/h8-10,13-14,18,20-23H,5-7,11-12,15-17H2,1-4H3,(H,24,25)/p-1. The first-order valence-corrected chi connectivity index (χ1v) is 12.6. The first kappa shape index (κ1) is 24.6. The van der Waals surface area contributed by atoms with Crippen molar-refractivity contribution in [1.29, 1.82) is 0 Å². The van der Waals surface area contributed by atoms with Gasteiger partial charge in [0.05, 0.1) is 18.3 Å². The van der Waals surface area contributed by atoms with Gasteiger partial charge in [-0.25, -0.2) is 0 Å². The quantitative estimate of drug-likeness (QED) is 0.389. The maximum absolute atomic E-state index is 12.1. The van der Waals surface area contributed by atoms with E-state index in [1.807, 2.05) is 25.1 Å². The Morgan fingerprint density at radius 1 is 1.07 bits per heavy atom. The zero-order valence-corrected chi connectivity index (χ0v) is 19.3. The molecule has 1 fully saturated rings. The highest BCUT2D eigenvalue weighted by Crippen LogP contribution is 2.47. The minimum atomic E-state index is -4.32. The largest absolute Gasteiger partial charge is 0.756 e. The highest BCUT2D eigenvalue weighted by molar-refractivity contribution is 7.45. The molecule has 0 aliphatic carbocycles. The van der Waals surface area contributed by atoms with Gasteiger partial charge in [0.25, 0.3) is 7.82 Å². The molecule has 5 atom stereocenters. The SMILES string of the molecule is CCCC(CCC)CCC1C(Cc2ccccc2)OC(CC)C1OP(=O)([O-])OC. The molecule has 1 aliphatic rings. The molecule has 0 radical (unpaired) electrons. The summed E-state index contributed by atoms with van der Waals surface area (Å²) in [5, 5.41) is 0. The van der Waals surface area contributed by atoms with Crippen molar-refractivity contribution in [3.8, 4) is 0 Å². The summed E-state index contributed by atoms with van der Waals surface area (Å²) >= 11 is 0. The fourth-order valence-corrected chi connectivity index (χ4v) is 5.31. The van der Waals surface area contributed by atoms with E-state index in [2.05, 4.69) is 30.5 Å². The van der Waals surface area contributed by atoms with E-state index in [1.165, 1.54) is 31.2 Å². The van der Waals surface area contributed by atoms with Crippen molar-refractivity contribution in [3.05, 3.63) is 35.9 Å². The number of hydrogen-bond acceptors (Lipinski definition) is 5. The molecule has 0 N–H and O–H groups in total. The van der Waals surface area contributed by atoms with E-state index in [-0.39, 0.29) is 18.1 Å². The molecule has 0 bridgehead atoms. The molecule has 5 unspecified atom stereocenters. The predicted molar refractivity (Wildman–Crippen MR) is 115 cm³/mol. The van der Waals surface area contributed by atoms with Crippen molar-refractivity contribution in [3.63, 3.8) is 0 Å². The molecule has 0 saturated carbocycles. The Morgan fingerprint density at radius 2 is 1.72 bits per heavy atom. The summed E-state index contributed by atoms with van der Waals surface area (Å²) in [5.74, 6) is 0.707. The van der Waals surface area contributed by atoms with Gasteiger partial charge in [0.1, 0.15) is 0 Å². The predicted octanol–water partition coefficient (Wildman–Crippen LogP) is 5.52. The summed E-state index contributed by atoms with van der Waals surface area (Å²) in [4.78, 5) is 12.1. The van der Waals surface area contributed by atoms with Crippen molar-refractivity contribution >= 4 is 7.82 Å². The molecule has 29 heavy (non-hydrogen) atoms. The van der Waals surface area contributed by atoms with Gasteiger partial charge >= 0.3 is 0 Å². The lowest BCUT2D eigenvalue weighted by Crippen LogP contribution is -2.32. The number of phosphoric acid groups is 1. The fraction of sp³-hybridized carbons (Fsp3) is 0.739. The van der Waals surface area contributed by atoms with Crippen LogP contribution in [-0.4, -0.2) is 25.4 Å². The first-order chi connectivity index (χ1) is 13.9. The topological polar surface area (TPSA) is 67.8 Å². The van der Waals surface area contributed by atoms with Crippen LogP contribution in [0.3, 0.4) is 0 Å². The maximum atomic E-state index is 12.1. The number of benzene rings is 1. The summed E-state index contributed by atoms with van der Waals surface area (Å²) in [5.41, 5.74) is 1.20.